The second-order valence-electron chi connectivity index (χ2n) is 6.32. The van der Waals surface area contributed by atoms with Crippen LogP contribution in [-0.2, 0) is 17.8 Å². The minimum atomic E-state index is -0.281. The van der Waals surface area contributed by atoms with Gasteiger partial charge in [-0.25, -0.2) is 4.79 Å². The molecule has 9 heteroatoms. The molecule has 0 radical (unpaired) electrons. The van der Waals surface area contributed by atoms with E-state index >= 15 is 0 Å². The van der Waals surface area contributed by atoms with Crippen LogP contribution in [0.2, 0.25) is 0 Å². The predicted octanol–water partition coefficient (Wildman–Crippen LogP) is -0.310. The first-order valence-corrected chi connectivity index (χ1v) is 8.39. The van der Waals surface area contributed by atoms with Crippen molar-refractivity contribution in [1.82, 2.24) is 30.2 Å². The van der Waals surface area contributed by atoms with Crippen molar-refractivity contribution in [3.8, 4) is 0 Å². The number of aryl methyl sites for hydroxylation is 1. The standard InChI is InChI=1S/C15H24N6O3/c1-3-13-17-12(18-24-13)10-19(2)11-4-5-20(9-11)6-7-21-14(22)8-16-15(21)23/h11H,3-10H2,1-2H3,(H,16,23)/t11-/m0/s1. The topological polar surface area (TPSA) is 94.8 Å². The largest absolute Gasteiger partial charge is 0.339 e. The molecule has 2 aliphatic rings. The van der Waals surface area contributed by atoms with E-state index in [9.17, 15) is 9.59 Å². The van der Waals surface area contributed by atoms with Crippen molar-refractivity contribution in [2.75, 3.05) is 39.8 Å². The number of hydrogen-bond donors (Lipinski definition) is 1. The van der Waals surface area contributed by atoms with Crippen molar-refractivity contribution < 1.29 is 14.1 Å². The summed E-state index contributed by atoms with van der Waals surface area (Å²) in [5, 5.41) is 6.54. The van der Waals surface area contributed by atoms with Crippen LogP contribution in [0.4, 0.5) is 4.79 Å². The summed E-state index contributed by atoms with van der Waals surface area (Å²) >= 11 is 0. The van der Waals surface area contributed by atoms with Gasteiger partial charge in [0.25, 0.3) is 0 Å². The minimum Gasteiger partial charge on any atom is -0.339 e. The zero-order chi connectivity index (χ0) is 17.1. The summed E-state index contributed by atoms with van der Waals surface area (Å²) in [5.74, 6) is 1.24. The summed E-state index contributed by atoms with van der Waals surface area (Å²) in [6, 6.07) is 0.133. The number of amides is 3. The molecule has 1 aromatic rings. The number of hydrogen-bond acceptors (Lipinski definition) is 7. The van der Waals surface area contributed by atoms with Crippen LogP contribution >= 0.6 is 0 Å². The van der Waals surface area contributed by atoms with Crippen LogP contribution in [0, 0.1) is 0 Å². The number of likely N-dealkylation sites (N-methyl/N-ethyl adjacent to an activating group) is 1. The van der Waals surface area contributed by atoms with E-state index in [1.165, 1.54) is 4.90 Å². The van der Waals surface area contributed by atoms with Gasteiger partial charge in [0.2, 0.25) is 11.8 Å². The van der Waals surface area contributed by atoms with Crippen LogP contribution in [0.3, 0.4) is 0 Å². The molecule has 0 aromatic carbocycles. The fourth-order valence-corrected chi connectivity index (χ4v) is 3.15. The number of aromatic nitrogens is 2. The zero-order valence-corrected chi connectivity index (χ0v) is 14.2. The molecular weight excluding hydrogens is 312 g/mol. The van der Waals surface area contributed by atoms with E-state index in [1.807, 2.05) is 6.92 Å². The van der Waals surface area contributed by atoms with E-state index in [1.54, 1.807) is 0 Å². The Balaban J connectivity index is 1.44. The number of urea groups is 1. The second-order valence-corrected chi connectivity index (χ2v) is 6.32. The molecule has 132 valence electrons. The van der Waals surface area contributed by atoms with Crippen LogP contribution in [0.15, 0.2) is 4.52 Å². The lowest BCUT2D eigenvalue weighted by Crippen LogP contribution is -2.39. The van der Waals surface area contributed by atoms with E-state index in [-0.39, 0.29) is 18.5 Å². The highest BCUT2D eigenvalue weighted by atomic mass is 16.5. The molecular formula is C15H24N6O3. The molecule has 0 bridgehead atoms. The first-order valence-electron chi connectivity index (χ1n) is 8.39. The maximum absolute atomic E-state index is 11.6. The number of nitrogens with zero attached hydrogens (tertiary/aromatic N) is 5. The summed E-state index contributed by atoms with van der Waals surface area (Å²) in [6.07, 6.45) is 1.80. The van der Waals surface area contributed by atoms with Gasteiger partial charge in [-0.3, -0.25) is 19.5 Å². The molecule has 0 spiro atoms. The highest BCUT2D eigenvalue weighted by molar-refractivity contribution is 6.01. The van der Waals surface area contributed by atoms with E-state index in [0.29, 0.717) is 37.4 Å². The number of rotatable bonds is 7. The molecule has 0 aliphatic carbocycles. The van der Waals surface area contributed by atoms with Crippen molar-refractivity contribution in [1.29, 1.82) is 0 Å². The number of imide groups is 1. The maximum atomic E-state index is 11.6. The quantitative estimate of drug-likeness (QED) is 0.683. The molecule has 1 atom stereocenters. The van der Waals surface area contributed by atoms with E-state index in [2.05, 4.69) is 32.3 Å². The minimum absolute atomic E-state index is 0.120. The fourth-order valence-electron chi connectivity index (χ4n) is 3.15. The fraction of sp³-hybridized carbons (Fsp3) is 0.733. The molecule has 1 aromatic heterocycles. The first-order chi connectivity index (χ1) is 11.6. The zero-order valence-electron chi connectivity index (χ0n) is 14.2. The Morgan fingerprint density at radius 2 is 2.21 bits per heavy atom. The van der Waals surface area contributed by atoms with Crippen LogP contribution < -0.4 is 5.32 Å². The summed E-state index contributed by atoms with van der Waals surface area (Å²) in [4.78, 5) is 33.3. The van der Waals surface area contributed by atoms with Crippen LogP contribution in [0.1, 0.15) is 25.1 Å². The lowest BCUT2D eigenvalue weighted by Gasteiger charge is -2.24. The lowest BCUT2D eigenvalue weighted by atomic mass is 10.2. The van der Waals surface area contributed by atoms with Gasteiger partial charge in [0.1, 0.15) is 0 Å². The molecule has 3 rings (SSSR count). The van der Waals surface area contributed by atoms with Gasteiger partial charge >= 0.3 is 6.03 Å². The van der Waals surface area contributed by atoms with Gasteiger partial charge in [-0.15, -0.1) is 0 Å². The third kappa shape index (κ3) is 3.73. The lowest BCUT2D eigenvalue weighted by molar-refractivity contribution is -0.125. The van der Waals surface area contributed by atoms with Crippen molar-refractivity contribution >= 4 is 11.9 Å². The van der Waals surface area contributed by atoms with E-state index < -0.39 is 0 Å². The molecule has 3 amide bonds. The van der Waals surface area contributed by atoms with Crippen molar-refractivity contribution in [3.05, 3.63) is 11.7 Å². The third-order valence-electron chi connectivity index (χ3n) is 4.65. The molecule has 0 saturated carbocycles. The third-order valence-corrected chi connectivity index (χ3v) is 4.65. The SMILES string of the molecule is CCc1nc(CN(C)[C@H]2CCN(CCN3C(=O)CNC3=O)C2)no1. The van der Waals surface area contributed by atoms with Crippen LogP contribution in [0.5, 0.6) is 0 Å². The van der Waals surface area contributed by atoms with Gasteiger partial charge in [0.05, 0.1) is 13.1 Å². The Kier molecular flexibility index (Phi) is 5.10. The molecule has 1 N–H and O–H groups in total. The highest BCUT2D eigenvalue weighted by Crippen LogP contribution is 2.16. The number of likely N-dealkylation sites (tertiary alicyclic amines) is 1. The number of nitrogens with one attached hydrogen (secondary N) is 1. The predicted molar refractivity (Wildman–Crippen MR) is 85.1 cm³/mol. The molecule has 2 aliphatic heterocycles. The normalized spacial score (nSPS) is 22.0. The summed E-state index contributed by atoms with van der Waals surface area (Å²) in [7, 11) is 2.06. The number of carbonyl (C=O) groups excluding carboxylic acids is 2. The van der Waals surface area contributed by atoms with Crippen molar-refractivity contribution in [3.63, 3.8) is 0 Å². The maximum Gasteiger partial charge on any atom is 0.324 e. The van der Waals surface area contributed by atoms with Gasteiger partial charge in [-0.05, 0) is 20.0 Å². The smallest absolute Gasteiger partial charge is 0.324 e. The summed E-state index contributed by atoms with van der Waals surface area (Å²) < 4.78 is 5.14. The molecule has 2 saturated heterocycles. The molecule has 0 unspecified atom stereocenters. The van der Waals surface area contributed by atoms with Gasteiger partial charge in [0.15, 0.2) is 5.82 Å². The Hall–Kier alpha value is -2.00. The van der Waals surface area contributed by atoms with Crippen LogP contribution in [0.25, 0.3) is 0 Å². The van der Waals surface area contributed by atoms with E-state index in [0.717, 1.165) is 25.9 Å². The highest BCUT2D eigenvalue weighted by Gasteiger charge is 2.31. The second kappa shape index (κ2) is 7.27. The number of carbonyl (C=O) groups is 2. The first kappa shape index (κ1) is 16.8. The van der Waals surface area contributed by atoms with Crippen LogP contribution in [-0.4, -0.2) is 82.6 Å². The Bertz CT molecular complexity index is 588. The van der Waals surface area contributed by atoms with E-state index in [4.69, 9.17) is 4.52 Å². The van der Waals surface area contributed by atoms with Crippen molar-refractivity contribution in [2.24, 2.45) is 0 Å². The average Bonchev–Trinajstić information content (AvgIpc) is 3.27. The summed E-state index contributed by atoms with van der Waals surface area (Å²) in [5.41, 5.74) is 0. The Morgan fingerprint density at radius 3 is 2.88 bits per heavy atom. The molecule has 3 heterocycles. The molecule has 9 nitrogen and oxygen atoms in total. The molecule has 2 fully saturated rings. The van der Waals surface area contributed by atoms with Gasteiger partial charge < -0.3 is 9.84 Å². The van der Waals surface area contributed by atoms with Gasteiger partial charge in [-0.2, -0.15) is 4.98 Å². The molecule has 24 heavy (non-hydrogen) atoms. The Morgan fingerprint density at radius 1 is 1.38 bits per heavy atom. The van der Waals surface area contributed by atoms with Gasteiger partial charge in [-0.1, -0.05) is 12.1 Å². The van der Waals surface area contributed by atoms with Crippen molar-refractivity contribution in [2.45, 2.75) is 32.4 Å². The van der Waals surface area contributed by atoms with Gasteiger partial charge in [0, 0.05) is 32.1 Å². The summed E-state index contributed by atoms with van der Waals surface area (Å²) in [6.45, 7) is 5.81. The average molecular weight is 336 g/mol. The Labute approximate surface area is 141 Å². The monoisotopic (exact) mass is 336 g/mol.